The molecule has 7 nitrogen and oxygen atoms in total. The molecule has 1 aromatic carbocycles. The van der Waals surface area contributed by atoms with Gasteiger partial charge in [0.15, 0.2) is 5.01 Å². The summed E-state index contributed by atoms with van der Waals surface area (Å²) in [6.45, 7) is 4.96. The number of halogens is 2. The number of piperazine rings is 1. The fourth-order valence-electron chi connectivity index (χ4n) is 2.98. The molecule has 1 saturated heterocycles. The molecule has 0 radical (unpaired) electrons. The van der Waals surface area contributed by atoms with Crippen molar-refractivity contribution in [2.75, 3.05) is 26.2 Å². The third-order valence-corrected chi connectivity index (χ3v) is 5.47. The van der Waals surface area contributed by atoms with Gasteiger partial charge in [0, 0.05) is 32.4 Å². The molecular weight excluding hydrogens is 433 g/mol. The maximum atomic E-state index is 12.7. The first kappa shape index (κ1) is 23.2. The maximum absolute atomic E-state index is 12.7. The Morgan fingerprint density at radius 1 is 1.24 bits per heavy atom. The van der Waals surface area contributed by atoms with Crippen LogP contribution in [0.4, 0.5) is 4.79 Å². The molecule has 2 N–H and O–H groups in total. The number of carbonyl (C=O) groups is 1. The van der Waals surface area contributed by atoms with E-state index in [2.05, 4.69) is 15.6 Å². The molecule has 0 spiro atoms. The molecule has 1 aliphatic rings. The number of aryl methyl sites for hydroxylation is 1. The number of thiazole rings is 1. The predicted molar refractivity (Wildman–Crippen MR) is 119 cm³/mol. The van der Waals surface area contributed by atoms with Gasteiger partial charge in [-0.1, -0.05) is 12.1 Å². The SMILES string of the molecule is Cc1cccc2sc(C(NC(=O)N3CCNCC3)Oc3cccnc3)nc12.Cl.Cl. The van der Waals surface area contributed by atoms with E-state index in [1.807, 2.05) is 31.2 Å². The number of amides is 2. The molecule has 3 heterocycles. The first-order valence-electron chi connectivity index (χ1n) is 8.89. The Morgan fingerprint density at radius 3 is 2.72 bits per heavy atom. The van der Waals surface area contributed by atoms with Crippen molar-refractivity contribution in [2.45, 2.75) is 13.2 Å². The molecule has 4 rings (SSSR count). The van der Waals surface area contributed by atoms with Gasteiger partial charge in [-0.3, -0.25) is 10.3 Å². The predicted octanol–water partition coefficient (Wildman–Crippen LogP) is 3.54. The quantitative estimate of drug-likeness (QED) is 0.588. The molecule has 1 unspecified atom stereocenters. The fraction of sp³-hybridized carbons (Fsp3) is 0.316. The standard InChI is InChI=1S/C19H21N5O2S.2ClH/c1-13-4-2-6-15-16(13)22-18(27-15)17(26-14-5-3-7-21-12-14)23-19(25)24-10-8-20-9-11-24;;/h2-7,12,17,20H,8-11H2,1H3,(H,23,25);2*1H. The third-order valence-electron chi connectivity index (χ3n) is 4.41. The van der Waals surface area contributed by atoms with Crippen LogP contribution in [0.25, 0.3) is 10.2 Å². The Bertz CT molecular complexity index is 935. The van der Waals surface area contributed by atoms with Crippen molar-refractivity contribution in [1.82, 2.24) is 25.5 Å². The smallest absolute Gasteiger partial charge is 0.320 e. The van der Waals surface area contributed by atoms with Gasteiger partial charge >= 0.3 is 6.03 Å². The lowest BCUT2D eigenvalue weighted by molar-refractivity contribution is 0.139. The van der Waals surface area contributed by atoms with Crippen LogP contribution in [-0.2, 0) is 0 Å². The Morgan fingerprint density at radius 2 is 2.03 bits per heavy atom. The van der Waals surface area contributed by atoms with Crippen LogP contribution in [0.15, 0.2) is 42.7 Å². The van der Waals surface area contributed by atoms with Gasteiger partial charge in [-0.25, -0.2) is 9.78 Å². The highest BCUT2D eigenvalue weighted by atomic mass is 35.5. The van der Waals surface area contributed by atoms with Gasteiger partial charge in [-0.05, 0) is 30.7 Å². The number of ether oxygens (including phenoxy) is 1. The topological polar surface area (TPSA) is 79.4 Å². The highest BCUT2D eigenvalue weighted by Crippen LogP contribution is 2.30. The molecule has 29 heavy (non-hydrogen) atoms. The molecule has 3 aromatic rings. The molecule has 2 aromatic heterocycles. The van der Waals surface area contributed by atoms with Gasteiger partial charge in [-0.15, -0.1) is 36.2 Å². The van der Waals surface area contributed by atoms with Crippen LogP contribution in [0.1, 0.15) is 16.8 Å². The van der Waals surface area contributed by atoms with Gasteiger partial charge in [-0.2, -0.15) is 0 Å². The second-order valence-electron chi connectivity index (χ2n) is 6.35. The summed E-state index contributed by atoms with van der Waals surface area (Å²) in [5.41, 5.74) is 2.04. The van der Waals surface area contributed by atoms with Crippen LogP contribution < -0.4 is 15.4 Å². The van der Waals surface area contributed by atoms with E-state index in [1.165, 1.54) is 11.3 Å². The molecular formula is C19H23Cl2N5O2S. The number of aromatic nitrogens is 2. The minimum Gasteiger partial charge on any atom is -0.462 e. The van der Waals surface area contributed by atoms with Crippen LogP contribution in [0, 0.1) is 6.92 Å². The van der Waals surface area contributed by atoms with Crippen molar-refractivity contribution < 1.29 is 9.53 Å². The summed E-state index contributed by atoms with van der Waals surface area (Å²) in [5, 5.41) is 6.95. The van der Waals surface area contributed by atoms with Crippen molar-refractivity contribution in [1.29, 1.82) is 0 Å². The van der Waals surface area contributed by atoms with Gasteiger partial charge < -0.3 is 15.0 Å². The summed E-state index contributed by atoms with van der Waals surface area (Å²) in [7, 11) is 0. The third kappa shape index (κ3) is 5.48. The van der Waals surface area contributed by atoms with E-state index in [0.29, 0.717) is 23.8 Å². The summed E-state index contributed by atoms with van der Waals surface area (Å²) >= 11 is 1.53. The second kappa shape index (κ2) is 10.6. The number of carbonyl (C=O) groups excluding carboxylic acids is 1. The molecule has 0 aliphatic carbocycles. The summed E-state index contributed by atoms with van der Waals surface area (Å²) < 4.78 is 7.11. The van der Waals surface area contributed by atoms with Crippen molar-refractivity contribution in [2.24, 2.45) is 0 Å². The maximum Gasteiger partial charge on any atom is 0.320 e. The Balaban J connectivity index is 0.00000150. The molecule has 1 aliphatic heterocycles. The van der Waals surface area contributed by atoms with E-state index in [0.717, 1.165) is 28.9 Å². The highest BCUT2D eigenvalue weighted by molar-refractivity contribution is 7.18. The molecule has 1 fully saturated rings. The molecule has 156 valence electrons. The van der Waals surface area contributed by atoms with E-state index < -0.39 is 6.23 Å². The first-order chi connectivity index (χ1) is 13.2. The zero-order valence-corrected chi connectivity index (χ0v) is 18.3. The van der Waals surface area contributed by atoms with Crippen molar-refractivity contribution in [3.63, 3.8) is 0 Å². The van der Waals surface area contributed by atoms with E-state index in [-0.39, 0.29) is 30.8 Å². The largest absolute Gasteiger partial charge is 0.462 e. The zero-order valence-electron chi connectivity index (χ0n) is 15.8. The molecule has 10 heteroatoms. The Labute approximate surface area is 185 Å². The summed E-state index contributed by atoms with van der Waals surface area (Å²) in [4.78, 5) is 23.3. The van der Waals surface area contributed by atoms with Crippen LogP contribution in [0.5, 0.6) is 5.75 Å². The lowest BCUT2D eigenvalue weighted by atomic mass is 10.2. The Hall–Kier alpha value is -2.13. The molecule has 2 amide bonds. The number of pyridine rings is 1. The summed E-state index contributed by atoms with van der Waals surface area (Å²) in [6.07, 6.45) is 2.64. The van der Waals surface area contributed by atoms with E-state index >= 15 is 0 Å². The molecule has 0 saturated carbocycles. The highest BCUT2D eigenvalue weighted by Gasteiger charge is 2.25. The van der Waals surface area contributed by atoms with E-state index in [1.54, 1.807) is 23.4 Å². The monoisotopic (exact) mass is 455 g/mol. The van der Waals surface area contributed by atoms with Gasteiger partial charge in [0.1, 0.15) is 5.75 Å². The minimum atomic E-state index is -0.673. The number of urea groups is 1. The zero-order chi connectivity index (χ0) is 18.6. The number of rotatable bonds is 4. The van der Waals surface area contributed by atoms with Crippen molar-refractivity contribution >= 4 is 52.4 Å². The minimum absolute atomic E-state index is 0. The Kier molecular flexibility index (Phi) is 8.45. The molecule has 1 atom stereocenters. The van der Waals surface area contributed by atoms with E-state index in [4.69, 9.17) is 9.72 Å². The fourth-order valence-corrected chi connectivity index (χ4v) is 4.01. The number of fused-ring (bicyclic) bond motifs is 1. The number of para-hydroxylation sites is 1. The molecule has 0 bridgehead atoms. The first-order valence-corrected chi connectivity index (χ1v) is 9.71. The number of nitrogens with one attached hydrogen (secondary N) is 2. The van der Waals surface area contributed by atoms with Crippen LogP contribution in [0.2, 0.25) is 0 Å². The summed E-state index contributed by atoms with van der Waals surface area (Å²) in [5.74, 6) is 0.582. The van der Waals surface area contributed by atoms with Crippen LogP contribution in [0.3, 0.4) is 0 Å². The van der Waals surface area contributed by atoms with Gasteiger partial charge in [0.2, 0.25) is 6.23 Å². The van der Waals surface area contributed by atoms with Crippen molar-refractivity contribution in [3.8, 4) is 5.75 Å². The number of hydrogen-bond acceptors (Lipinski definition) is 6. The van der Waals surface area contributed by atoms with Gasteiger partial charge in [0.25, 0.3) is 0 Å². The number of nitrogens with zero attached hydrogens (tertiary/aromatic N) is 3. The van der Waals surface area contributed by atoms with Crippen LogP contribution in [-0.4, -0.2) is 47.1 Å². The average Bonchev–Trinajstić information content (AvgIpc) is 3.15. The van der Waals surface area contributed by atoms with E-state index in [9.17, 15) is 4.79 Å². The van der Waals surface area contributed by atoms with Gasteiger partial charge in [0.05, 0.1) is 16.4 Å². The summed E-state index contributed by atoms with van der Waals surface area (Å²) in [6, 6.07) is 9.53. The van der Waals surface area contributed by atoms with Crippen molar-refractivity contribution in [3.05, 3.63) is 53.3 Å². The normalized spacial score (nSPS) is 14.4. The van der Waals surface area contributed by atoms with Crippen LogP contribution >= 0.6 is 36.2 Å². The lowest BCUT2D eigenvalue weighted by Gasteiger charge is -2.29. The average molecular weight is 456 g/mol. The second-order valence-corrected chi connectivity index (χ2v) is 7.41. The number of hydrogen-bond donors (Lipinski definition) is 2. The lowest BCUT2D eigenvalue weighted by Crippen LogP contribution is -2.51. The number of benzene rings is 1.